The Morgan fingerprint density at radius 2 is 2.00 bits per heavy atom. The summed E-state index contributed by atoms with van der Waals surface area (Å²) in [5.41, 5.74) is 0.762. The highest BCUT2D eigenvalue weighted by Crippen LogP contribution is 2.02. The maximum atomic E-state index is 11.7. The molecule has 0 aromatic carbocycles. The molecular formula is C11H19NO. The number of amides is 1. The minimum absolute atomic E-state index is 0.0995. The van der Waals surface area contributed by atoms with Gasteiger partial charge in [0.2, 0.25) is 0 Å². The van der Waals surface area contributed by atoms with Crippen LogP contribution in [-0.2, 0) is 4.79 Å². The molecule has 74 valence electrons. The largest absolute Gasteiger partial charge is 0.342 e. The van der Waals surface area contributed by atoms with Gasteiger partial charge in [-0.3, -0.25) is 4.79 Å². The maximum absolute atomic E-state index is 11.7. The molecule has 0 atom stereocenters. The van der Waals surface area contributed by atoms with Crippen LogP contribution in [0, 0.1) is 0 Å². The van der Waals surface area contributed by atoms with Crippen LogP contribution >= 0.6 is 0 Å². The van der Waals surface area contributed by atoms with Crippen LogP contribution in [0.1, 0.15) is 27.2 Å². The number of rotatable bonds is 4. The molecule has 0 unspecified atom stereocenters. The van der Waals surface area contributed by atoms with E-state index < -0.39 is 0 Å². The van der Waals surface area contributed by atoms with E-state index >= 15 is 0 Å². The number of hydrogen-bond acceptors (Lipinski definition) is 1. The zero-order valence-corrected chi connectivity index (χ0v) is 9.00. The summed E-state index contributed by atoms with van der Waals surface area (Å²) >= 11 is 0. The van der Waals surface area contributed by atoms with Crippen LogP contribution in [0.2, 0.25) is 0 Å². The van der Waals surface area contributed by atoms with Gasteiger partial charge in [-0.2, -0.15) is 0 Å². The molecule has 1 amide bonds. The number of carbonyl (C=O) groups excluding carboxylic acids is 1. The van der Waals surface area contributed by atoms with Gasteiger partial charge in [0.1, 0.15) is 0 Å². The van der Waals surface area contributed by atoms with Crippen molar-refractivity contribution in [2.45, 2.75) is 27.2 Å². The molecule has 0 aliphatic carbocycles. The number of hydrogen-bond donors (Lipinski definition) is 0. The second kappa shape index (κ2) is 6.46. The SMILES string of the molecule is C/C=C\C(=C/C)C(=O)N(C)CCC. The Balaban J connectivity index is 4.38. The van der Waals surface area contributed by atoms with Gasteiger partial charge in [0.15, 0.2) is 0 Å². The van der Waals surface area contributed by atoms with E-state index in [4.69, 9.17) is 0 Å². The molecular weight excluding hydrogens is 162 g/mol. The smallest absolute Gasteiger partial charge is 0.253 e. The number of allylic oxidation sites excluding steroid dienone is 2. The highest BCUT2D eigenvalue weighted by Gasteiger charge is 2.09. The van der Waals surface area contributed by atoms with Gasteiger partial charge in [0.05, 0.1) is 0 Å². The lowest BCUT2D eigenvalue weighted by Gasteiger charge is -2.16. The summed E-state index contributed by atoms with van der Waals surface area (Å²) in [6.07, 6.45) is 6.56. The van der Waals surface area contributed by atoms with Crippen molar-refractivity contribution >= 4 is 5.91 Å². The summed E-state index contributed by atoms with van der Waals surface area (Å²) in [6, 6.07) is 0. The number of likely N-dealkylation sites (N-methyl/N-ethyl adjacent to an activating group) is 1. The molecule has 0 rings (SSSR count). The fourth-order valence-electron chi connectivity index (χ4n) is 1.13. The van der Waals surface area contributed by atoms with Gasteiger partial charge >= 0.3 is 0 Å². The number of nitrogens with zero attached hydrogens (tertiary/aromatic N) is 1. The monoisotopic (exact) mass is 181 g/mol. The van der Waals surface area contributed by atoms with Gasteiger partial charge in [-0.15, -0.1) is 0 Å². The van der Waals surface area contributed by atoms with Gasteiger partial charge in [-0.25, -0.2) is 0 Å². The molecule has 0 radical (unpaired) electrons. The molecule has 0 aromatic heterocycles. The first-order chi connectivity index (χ1) is 6.17. The predicted molar refractivity (Wildman–Crippen MR) is 56.5 cm³/mol. The van der Waals surface area contributed by atoms with Crippen molar-refractivity contribution in [2.24, 2.45) is 0 Å². The molecule has 2 heteroatoms. The summed E-state index contributed by atoms with van der Waals surface area (Å²) in [6.45, 7) is 6.67. The quantitative estimate of drug-likeness (QED) is 0.481. The minimum Gasteiger partial charge on any atom is -0.342 e. The van der Waals surface area contributed by atoms with Crippen molar-refractivity contribution in [1.82, 2.24) is 4.90 Å². The van der Waals surface area contributed by atoms with Gasteiger partial charge in [-0.05, 0) is 20.3 Å². The van der Waals surface area contributed by atoms with Crippen molar-refractivity contribution in [1.29, 1.82) is 0 Å². The van der Waals surface area contributed by atoms with Crippen molar-refractivity contribution in [3.05, 3.63) is 23.8 Å². The summed E-state index contributed by atoms with van der Waals surface area (Å²) in [5, 5.41) is 0. The molecule has 0 heterocycles. The molecule has 0 N–H and O–H groups in total. The second-order valence-electron chi connectivity index (χ2n) is 2.97. The van der Waals surface area contributed by atoms with E-state index in [0.717, 1.165) is 18.5 Å². The van der Waals surface area contributed by atoms with E-state index in [1.165, 1.54) is 0 Å². The van der Waals surface area contributed by atoms with Crippen LogP contribution in [0.3, 0.4) is 0 Å². The Labute approximate surface area is 80.9 Å². The average molecular weight is 181 g/mol. The fraction of sp³-hybridized carbons (Fsp3) is 0.545. The highest BCUT2D eigenvalue weighted by atomic mass is 16.2. The summed E-state index contributed by atoms with van der Waals surface area (Å²) in [4.78, 5) is 13.4. The lowest BCUT2D eigenvalue weighted by Crippen LogP contribution is -2.28. The average Bonchev–Trinajstić information content (AvgIpc) is 2.13. The second-order valence-corrected chi connectivity index (χ2v) is 2.97. The molecule has 2 nitrogen and oxygen atoms in total. The highest BCUT2D eigenvalue weighted by molar-refractivity contribution is 5.95. The third-order valence-corrected chi connectivity index (χ3v) is 1.81. The molecule has 0 fully saturated rings. The first-order valence-corrected chi connectivity index (χ1v) is 4.71. The predicted octanol–water partition coefficient (Wildman–Crippen LogP) is 2.38. The van der Waals surface area contributed by atoms with Crippen molar-refractivity contribution < 1.29 is 4.79 Å². The van der Waals surface area contributed by atoms with Crippen LogP contribution in [-0.4, -0.2) is 24.4 Å². The van der Waals surface area contributed by atoms with Crippen LogP contribution in [0.15, 0.2) is 23.8 Å². The van der Waals surface area contributed by atoms with E-state index in [0.29, 0.717) is 0 Å². The Morgan fingerprint density at radius 3 is 2.38 bits per heavy atom. The molecule has 13 heavy (non-hydrogen) atoms. The van der Waals surface area contributed by atoms with Gasteiger partial charge < -0.3 is 4.90 Å². The van der Waals surface area contributed by atoms with Crippen LogP contribution in [0.4, 0.5) is 0 Å². The Morgan fingerprint density at radius 1 is 1.38 bits per heavy atom. The molecule has 0 saturated heterocycles. The molecule has 0 aliphatic rings. The third kappa shape index (κ3) is 3.92. The topological polar surface area (TPSA) is 20.3 Å². The van der Waals surface area contributed by atoms with Crippen LogP contribution in [0.25, 0.3) is 0 Å². The van der Waals surface area contributed by atoms with Gasteiger partial charge in [-0.1, -0.05) is 25.2 Å². The van der Waals surface area contributed by atoms with Crippen molar-refractivity contribution in [3.8, 4) is 0 Å². The minimum atomic E-state index is 0.0995. The fourth-order valence-corrected chi connectivity index (χ4v) is 1.13. The lowest BCUT2D eigenvalue weighted by atomic mass is 10.2. The van der Waals surface area contributed by atoms with E-state index in [1.807, 2.05) is 39.1 Å². The number of carbonyl (C=O) groups is 1. The Hall–Kier alpha value is -1.05. The molecule has 0 saturated carbocycles. The molecule has 0 bridgehead atoms. The van der Waals surface area contributed by atoms with E-state index in [9.17, 15) is 4.79 Å². The summed E-state index contributed by atoms with van der Waals surface area (Å²) in [5.74, 6) is 0.0995. The summed E-state index contributed by atoms with van der Waals surface area (Å²) in [7, 11) is 1.83. The van der Waals surface area contributed by atoms with E-state index in [1.54, 1.807) is 4.90 Å². The Kier molecular flexibility index (Phi) is 5.94. The lowest BCUT2D eigenvalue weighted by molar-refractivity contribution is -0.125. The normalized spacial score (nSPS) is 12.2. The first-order valence-electron chi connectivity index (χ1n) is 4.71. The maximum Gasteiger partial charge on any atom is 0.253 e. The van der Waals surface area contributed by atoms with E-state index in [2.05, 4.69) is 6.92 Å². The van der Waals surface area contributed by atoms with Crippen LogP contribution in [0.5, 0.6) is 0 Å². The van der Waals surface area contributed by atoms with Crippen molar-refractivity contribution in [3.63, 3.8) is 0 Å². The third-order valence-electron chi connectivity index (χ3n) is 1.81. The zero-order chi connectivity index (χ0) is 10.3. The molecule has 0 aromatic rings. The summed E-state index contributed by atoms with van der Waals surface area (Å²) < 4.78 is 0. The van der Waals surface area contributed by atoms with Gasteiger partial charge in [0.25, 0.3) is 5.91 Å². The van der Waals surface area contributed by atoms with E-state index in [-0.39, 0.29) is 5.91 Å². The van der Waals surface area contributed by atoms with Crippen LogP contribution < -0.4 is 0 Å². The molecule has 0 aliphatic heterocycles. The zero-order valence-electron chi connectivity index (χ0n) is 9.00. The first kappa shape index (κ1) is 11.9. The Bertz CT molecular complexity index is 216. The van der Waals surface area contributed by atoms with Crippen molar-refractivity contribution in [2.75, 3.05) is 13.6 Å². The molecule has 0 spiro atoms. The standard InChI is InChI=1S/C11H19NO/c1-5-8-10(7-3)11(13)12(4)9-6-2/h5,7-8H,6,9H2,1-4H3/b8-5-,10-7+. The van der Waals surface area contributed by atoms with Gasteiger partial charge in [0, 0.05) is 19.2 Å².